The Labute approximate surface area is 245 Å². The van der Waals surface area contributed by atoms with Crippen LogP contribution < -0.4 is 5.32 Å². The molecule has 3 aliphatic carbocycles. The number of carbonyl (C=O) groups excluding carboxylic acids is 1. The summed E-state index contributed by atoms with van der Waals surface area (Å²) in [5, 5.41) is 13.7. The maximum absolute atomic E-state index is 13.8. The van der Waals surface area contributed by atoms with E-state index in [1.807, 2.05) is 31.3 Å². The van der Waals surface area contributed by atoms with Crippen LogP contribution in [0.15, 0.2) is 47.3 Å². The van der Waals surface area contributed by atoms with Crippen molar-refractivity contribution >= 4 is 28.9 Å². The van der Waals surface area contributed by atoms with Crippen LogP contribution in [0.1, 0.15) is 103 Å². The number of carbonyl (C=O) groups is 2. The Kier molecular flexibility index (Phi) is 6.79. The normalized spacial score (nSPS) is 19.9. The van der Waals surface area contributed by atoms with Crippen LogP contribution in [0.25, 0.3) is 28.2 Å². The Balaban J connectivity index is 1.17. The molecule has 2 saturated carbocycles. The van der Waals surface area contributed by atoms with Crippen LogP contribution in [0.3, 0.4) is 0 Å². The van der Waals surface area contributed by atoms with Crippen molar-refractivity contribution in [2.75, 3.05) is 0 Å². The first-order valence-electron chi connectivity index (χ1n) is 15.4. The van der Waals surface area contributed by atoms with E-state index in [0.29, 0.717) is 17.9 Å². The van der Waals surface area contributed by atoms with Gasteiger partial charge in [0.2, 0.25) is 0 Å². The van der Waals surface area contributed by atoms with E-state index in [2.05, 4.69) is 27.0 Å². The molecule has 4 aromatic rings. The van der Waals surface area contributed by atoms with Crippen molar-refractivity contribution in [2.24, 2.45) is 13.0 Å². The summed E-state index contributed by atoms with van der Waals surface area (Å²) in [5.41, 5.74) is 6.64. The fraction of sp³-hybridized carbons (Fsp3) is 0.441. The van der Waals surface area contributed by atoms with Crippen molar-refractivity contribution in [1.82, 2.24) is 19.9 Å². The van der Waals surface area contributed by atoms with Gasteiger partial charge < -0.3 is 24.4 Å². The first kappa shape index (κ1) is 26.8. The van der Waals surface area contributed by atoms with Crippen molar-refractivity contribution < 1.29 is 19.1 Å². The third-order valence-electron chi connectivity index (χ3n) is 9.87. The maximum atomic E-state index is 13.8. The highest BCUT2D eigenvalue weighted by Gasteiger charge is 2.44. The van der Waals surface area contributed by atoms with Crippen LogP contribution in [0.4, 0.5) is 0 Å². The third-order valence-corrected chi connectivity index (χ3v) is 9.87. The van der Waals surface area contributed by atoms with Crippen LogP contribution in [-0.4, -0.2) is 31.5 Å². The summed E-state index contributed by atoms with van der Waals surface area (Å²) >= 11 is 0. The van der Waals surface area contributed by atoms with Crippen molar-refractivity contribution in [2.45, 2.75) is 82.1 Å². The number of rotatable bonds is 8. The van der Waals surface area contributed by atoms with Crippen molar-refractivity contribution in [3.63, 3.8) is 0 Å². The molecule has 42 heavy (non-hydrogen) atoms. The average Bonchev–Trinajstić information content (AvgIpc) is 3.72. The molecule has 0 spiro atoms. The molecule has 1 unspecified atom stereocenters. The highest BCUT2D eigenvalue weighted by Crippen LogP contribution is 2.44. The molecule has 218 valence electrons. The summed E-state index contributed by atoms with van der Waals surface area (Å²) in [6, 6.07) is 8.07. The summed E-state index contributed by atoms with van der Waals surface area (Å²) < 4.78 is 7.57. The SMILES string of the molecule is Cn1c(C2(NC(=O)c3ccc4c(C5CCCCC5)c(-c5ccoc5)[nH]c4c3)CCC2)nc2c1CC(CCC(=O)O)C=C2. The van der Waals surface area contributed by atoms with E-state index in [-0.39, 0.29) is 18.2 Å². The van der Waals surface area contributed by atoms with Gasteiger partial charge in [-0.3, -0.25) is 9.59 Å². The lowest BCUT2D eigenvalue weighted by Gasteiger charge is -2.41. The largest absolute Gasteiger partial charge is 0.481 e. The van der Waals surface area contributed by atoms with Crippen LogP contribution >= 0.6 is 0 Å². The van der Waals surface area contributed by atoms with Gasteiger partial charge in [-0.05, 0) is 86.6 Å². The second-order valence-corrected chi connectivity index (χ2v) is 12.5. The van der Waals surface area contributed by atoms with E-state index < -0.39 is 11.5 Å². The van der Waals surface area contributed by atoms with Crippen molar-refractivity contribution in [3.05, 3.63) is 71.2 Å². The number of carboxylic acid groups (broad SMARTS) is 1. The Morgan fingerprint density at radius 2 is 2.00 bits per heavy atom. The zero-order chi connectivity index (χ0) is 28.8. The Hall–Kier alpha value is -4.07. The lowest BCUT2D eigenvalue weighted by molar-refractivity contribution is -0.137. The summed E-state index contributed by atoms with van der Waals surface area (Å²) in [6.45, 7) is 0. The molecule has 1 atom stereocenters. The molecule has 7 rings (SSSR count). The predicted octanol–water partition coefficient (Wildman–Crippen LogP) is 7.07. The first-order valence-corrected chi connectivity index (χ1v) is 15.4. The molecule has 3 aromatic heterocycles. The van der Waals surface area contributed by atoms with Crippen LogP contribution in [0, 0.1) is 5.92 Å². The average molecular weight is 567 g/mol. The molecule has 0 radical (unpaired) electrons. The monoisotopic (exact) mass is 566 g/mol. The minimum absolute atomic E-state index is 0.0915. The molecular weight excluding hydrogens is 528 g/mol. The van der Waals surface area contributed by atoms with Gasteiger partial charge in [0.1, 0.15) is 5.82 Å². The van der Waals surface area contributed by atoms with E-state index in [9.17, 15) is 9.59 Å². The molecule has 2 fully saturated rings. The number of carboxylic acids is 1. The summed E-state index contributed by atoms with van der Waals surface area (Å²) in [4.78, 5) is 33.5. The molecule has 0 aliphatic heterocycles. The standard InChI is InChI=1S/C34H38N4O4/c1-38-28-18-21(9-13-29(39)40)8-12-26(28)36-33(38)34(15-5-16-34)37-32(41)23-10-11-25-27(19-23)35-31(24-14-17-42-20-24)30(25)22-6-3-2-4-7-22/h8,10-12,14,17,19-22,35H,2-7,9,13,15-16,18H2,1H3,(H,37,41)(H,39,40). The number of aliphatic carboxylic acids is 1. The highest BCUT2D eigenvalue weighted by molar-refractivity contribution is 6.00. The number of aromatic nitrogens is 3. The Morgan fingerprint density at radius 1 is 1.17 bits per heavy atom. The molecule has 0 bridgehead atoms. The molecule has 0 saturated heterocycles. The number of hydrogen-bond donors (Lipinski definition) is 3. The fourth-order valence-electron chi connectivity index (χ4n) is 7.44. The molecule has 1 aromatic carbocycles. The van der Waals surface area contributed by atoms with E-state index in [1.54, 1.807) is 12.5 Å². The van der Waals surface area contributed by atoms with Crippen molar-refractivity contribution in [3.8, 4) is 11.3 Å². The lowest BCUT2D eigenvalue weighted by atomic mass is 9.75. The number of H-pyrrole nitrogens is 1. The van der Waals surface area contributed by atoms with Gasteiger partial charge in [0.15, 0.2) is 0 Å². The smallest absolute Gasteiger partial charge is 0.303 e. The first-order chi connectivity index (χ1) is 20.4. The zero-order valence-electron chi connectivity index (χ0n) is 24.1. The number of amides is 1. The van der Waals surface area contributed by atoms with Crippen LogP contribution in [0.2, 0.25) is 0 Å². The zero-order valence-corrected chi connectivity index (χ0v) is 24.1. The third kappa shape index (κ3) is 4.67. The quantitative estimate of drug-likeness (QED) is 0.211. The molecule has 3 heterocycles. The van der Waals surface area contributed by atoms with Gasteiger partial charge in [0.25, 0.3) is 5.91 Å². The topological polar surface area (TPSA) is 113 Å². The number of allylic oxidation sites excluding steroid dienone is 1. The van der Waals surface area contributed by atoms with Gasteiger partial charge in [-0.25, -0.2) is 4.98 Å². The van der Waals surface area contributed by atoms with Crippen LogP contribution in [0.5, 0.6) is 0 Å². The second-order valence-electron chi connectivity index (χ2n) is 12.5. The van der Waals surface area contributed by atoms with E-state index in [0.717, 1.165) is 59.7 Å². The number of imidazole rings is 1. The van der Waals surface area contributed by atoms with E-state index in [4.69, 9.17) is 14.5 Å². The van der Waals surface area contributed by atoms with Gasteiger partial charge in [0.05, 0.1) is 29.5 Å². The number of aromatic amines is 1. The number of benzene rings is 1. The second kappa shape index (κ2) is 10.6. The summed E-state index contributed by atoms with van der Waals surface area (Å²) in [6.07, 6.45) is 18.0. The Bertz CT molecular complexity index is 1660. The number of nitrogens with zero attached hydrogens (tertiary/aromatic N) is 2. The predicted molar refractivity (Wildman–Crippen MR) is 161 cm³/mol. The van der Waals surface area contributed by atoms with E-state index >= 15 is 0 Å². The molecule has 8 heteroatoms. The number of fused-ring (bicyclic) bond motifs is 2. The number of hydrogen-bond acceptors (Lipinski definition) is 4. The summed E-state index contributed by atoms with van der Waals surface area (Å²) in [7, 11) is 2.02. The molecule has 3 N–H and O–H groups in total. The lowest BCUT2D eigenvalue weighted by Crippen LogP contribution is -2.52. The van der Waals surface area contributed by atoms with Crippen molar-refractivity contribution in [1.29, 1.82) is 0 Å². The Morgan fingerprint density at radius 3 is 2.71 bits per heavy atom. The van der Waals surface area contributed by atoms with Crippen LogP contribution in [-0.2, 0) is 23.8 Å². The highest BCUT2D eigenvalue weighted by atomic mass is 16.4. The minimum atomic E-state index is -0.767. The van der Waals surface area contributed by atoms with Gasteiger partial charge in [-0.1, -0.05) is 31.4 Å². The molecule has 8 nitrogen and oxygen atoms in total. The van der Waals surface area contributed by atoms with Gasteiger partial charge >= 0.3 is 5.97 Å². The number of furan rings is 1. The molecule has 3 aliphatic rings. The molecular formula is C34H38N4O4. The summed E-state index contributed by atoms with van der Waals surface area (Å²) in [5.74, 6) is 0.713. The minimum Gasteiger partial charge on any atom is -0.481 e. The number of nitrogens with one attached hydrogen (secondary N) is 2. The van der Waals surface area contributed by atoms with Gasteiger partial charge in [0, 0.05) is 41.2 Å². The molecule has 1 amide bonds. The van der Waals surface area contributed by atoms with Gasteiger partial charge in [-0.15, -0.1) is 0 Å². The van der Waals surface area contributed by atoms with E-state index in [1.165, 1.54) is 43.1 Å². The fourth-order valence-corrected chi connectivity index (χ4v) is 7.44. The van der Waals surface area contributed by atoms with Gasteiger partial charge in [-0.2, -0.15) is 0 Å². The maximum Gasteiger partial charge on any atom is 0.303 e.